The Hall–Kier alpha value is -1.68. The van der Waals surface area contributed by atoms with Crippen LogP contribution >= 0.6 is 0 Å². The van der Waals surface area contributed by atoms with Crippen LogP contribution < -0.4 is 5.73 Å². The molecule has 0 unspecified atom stereocenters. The second-order valence-corrected chi connectivity index (χ2v) is 4.20. The lowest BCUT2D eigenvalue weighted by molar-refractivity contribution is 0.743. The van der Waals surface area contributed by atoms with Crippen molar-refractivity contribution in [3.8, 4) is 5.69 Å². The third kappa shape index (κ3) is 2.91. The molecule has 0 bridgehead atoms. The van der Waals surface area contributed by atoms with E-state index < -0.39 is 0 Å². The number of rotatable bonds is 5. The van der Waals surface area contributed by atoms with E-state index in [0.29, 0.717) is 0 Å². The van der Waals surface area contributed by atoms with Gasteiger partial charge in [-0.05, 0) is 50.4 Å². The van der Waals surface area contributed by atoms with Crippen LogP contribution in [0.15, 0.2) is 30.5 Å². The number of hydrogen-bond donors (Lipinski definition) is 1. The highest BCUT2D eigenvalue weighted by molar-refractivity contribution is 5.34. The summed E-state index contributed by atoms with van der Waals surface area (Å²) in [5.74, 6) is 0. The number of aromatic nitrogens is 3. The fraction of sp³-hybridized carbons (Fsp3) is 0.385. The predicted molar refractivity (Wildman–Crippen MR) is 68.1 cm³/mol. The van der Waals surface area contributed by atoms with Crippen LogP contribution in [0, 0.1) is 6.92 Å². The molecule has 0 saturated heterocycles. The number of benzene rings is 1. The van der Waals surface area contributed by atoms with Gasteiger partial charge >= 0.3 is 0 Å². The van der Waals surface area contributed by atoms with Crippen LogP contribution in [0.1, 0.15) is 24.1 Å². The van der Waals surface area contributed by atoms with E-state index in [1.807, 2.05) is 11.6 Å². The van der Waals surface area contributed by atoms with E-state index in [9.17, 15) is 0 Å². The molecule has 1 aromatic heterocycles. The molecule has 2 rings (SSSR count). The molecule has 2 N–H and O–H groups in total. The van der Waals surface area contributed by atoms with Crippen LogP contribution in [0.2, 0.25) is 0 Å². The largest absolute Gasteiger partial charge is 0.330 e. The Morgan fingerprint density at radius 3 is 2.53 bits per heavy atom. The lowest BCUT2D eigenvalue weighted by atomic mass is 10.1. The summed E-state index contributed by atoms with van der Waals surface area (Å²) in [6.45, 7) is 2.77. The maximum atomic E-state index is 5.48. The van der Waals surface area contributed by atoms with Crippen molar-refractivity contribution in [3.05, 3.63) is 41.7 Å². The molecule has 0 radical (unpaired) electrons. The number of nitrogens with two attached hydrogens (primary N) is 1. The van der Waals surface area contributed by atoms with Gasteiger partial charge in [-0.3, -0.25) is 0 Å². The summed E-state index contributed by atoms with van der Waals surface area (Å²) in [7, 11) is 0. The highest BCUT2D eigenvalue weighted by atomic mass is 15.4. The number of nitrogens with zero attached hydrogens (tertiary/aromatic N) is 3. The van der Waals surface area contributed by atoms with Crippen LogP contribution in [0.25, 0.3) is 5.69 Å². The zero-order chi connectivity index (χ0) is 12.1. The fourth-order valence-corrected chi connectivity index (χ4v) is 1.82. The average Bonchev–Trinajstić information content (AvgIpc) is 2.77. The summed E-state index contributed by atoms with van der Waals surface area (Å²) in [6, 6.07) is 8.46. The molecule has 0 atom stereocenters. The molecule has 0 amide bonds. The molecule has 4 heteroatoms. The Balaban J connectivity index is 2.06. The molecule has 90 valence electrons. The Bertz CT molecular complexity index is 459. The second kappa shape index (κ2) is 5.59. The molecular weight excluding hydrogens is 212 g/mol. The van der Waals surface area contributed by atoms with Crippen molar-refractivity contribution >= 4 is 0 Å². The first-order valence-corrected chi connectivity index (χ1v) is 5.98. The van der Waals surface area contributed by atoms with Crippen molar-refractivity contribution in [2.24, 2.45) is 5.73 Å². The fourth-order valence-electron chi connectivity index (χ4n) is 1.82. The predicted octanol–water partition coefficient (Wildman–Crippen LogP) is 1.86. The van der Waals surface area contributed by atoms with Gasteiger partial charge in [0.2, 0.25) is 0 Å². The summed E-state index contributed by atoms with van der Waals surface area (Å²) in [4.78, 5) is 0. The summed E-state index contributed by atoms with van der Waals surface area (Å²) in [5.41, 5.74) is 8.93. The Morgan fingerprint density at radius 1 is 1.18 bits per heavy atom. The maximum absolute atomic E-state index is 5.48. The van der Waals surface area contributed by atoms with E-state index in [1.54, 1.807) is 6.20 Å². The normalized spacial score (nSPS) is 10.7. The molecule has 0 aliphatic heterocycles. The van der Waals surface area contributed by atoms with Gasteiger partial charge in [0.15, 0.2) is 0 Å². The highest BCUT2D eigenvalue weighted by Gasteiger charge is 2.01. The van der Waals surface area contributed by atoms with Gasteiger partial charge < -0.3 is 5.73 Å². The van der Waals surface area contributed by atoms with Crippen molar-refractivity contribution in [3.63, 3.8) is 0 Å². The maximum Gasteiger partial charge on any atom is 0.0726 e. The summed E-state index contributed by atoms with van der Waals surface area (Å²) in [5, 5.41) is 7.92. The summed E-state index contributed by atoms with van der Waals surface area (Å²) < 4.78 is 1.84. The topological polar surface area (TPSA) is 56.7 Å². The van der Waals surface area contributed by atoms with Crippen LogP contribution in [-0.2, 0) is 6.42 Å². The standard InChI is InChI=1S/C13H18N4/c1-11-10-15-16-17(11)13-7-5-12(6-8-13)4-2-3-9-14/h5-8,10H,2-4,9,14H2,1H3. The van der Waals surface area contributed by atoms with Crippen molar-refractivity contribution in [1.29, 1.82) is 0 Å². The first-order chi connectivity index (χ1) is 8.31. The number of unbranched alkanes of at least 4 members (excludes halogenated alkanes) is 1. The van der Waals surface area contributed by atoms with Gasteiger partial charge in [0.05, 0.1) is 17.6 Å². The van der Waals surface area contributed by atoms with Gasteiger partial charge in [-0.1, -0.05) is 17.3 Å². The van der Waals surface area contributed by atoms with Crippen LogP contribution in [0.4, 0.5) is 0 Å². The lowest BCUT2D eigenvalue weighted by Crippen LogP contribution is -2.00. The van der Waals surface area contributed by atoms with Gasteiger partial charge in [-0.2, -0.15) is 0 Å². The molecule has 2 aromatic rings. The molecule has 17 heavy (non-hydrogen) atoms. The van der Waals surface area contributed by atoms with Crippen molar-refractivity contribution in [2.75, 3.05) is 6.54 Å². The lowest BCUT2D eigenvalue weighted by Gasteiger charge is -2.05. The minimum Gasteiger partial charge on any atom is -0.330 e. The molecule has 0 fully saturated rings. The van der Waals surface area contributed by atoms with E-state index >= 15 is 0 Å². The van der Waals surface area contributed by atoms with E-state index in [1.165, 1.54) is 5.56 Å². The Morgan fingerprint density at radius 2 is 1.94 bits per heavy atom. The Kier molecular flexibility index (Phi) is 3.88. The van der Waals surface area contributed by atoms with E-state index in [-0.39, 0.29) is 0 Å². The molecule has 1 aromatic carbocycles. The highest BCUT2D eigenvalue weighted by Crippen LogP contribution is 2.12. The second-order valence-electron chi connectivity index (χ2n) is 4.20. The van der Waals surface area contributed by atoms with Crippen molar-refractivity contribution < 1.29 is 0 Å². The average molecular weight is 230 g/mol. The van der Waals surface area contributed by atoms with Crippen LogP contribution in [-0.4, -0.2) is 21.5 Å². The SMILES string of the molecule is Cc1cnnn1-c1ccc(CCCCN)cc1. The monoisotopic (exact) mass is 230 g/mol. The minimum atomic E-state index is 0.774. The zero-order valence-corrected chi connectivity index (χ0v) is 10.1. The summed E-state index contributed by atoms with van der Waals surface area (Å²) in [6.07, 6.45) is 5.09. The third-order valence-electron chi connectivity index (χ3n) is 2.82. The first-order valence-electron chi connectivity index (χ1n) is 5.98. The van der Waals surface area contributed by atoms with E-state index in [0.717, 1.165) is 37.2 Å². The van der Waals surface area contributed by atoms with Gasteiger partial charge in [0.1, 0.15) is 0 Å². The van der Waals surface area contributed by atoms with Crippen LogP contribution in [0.5, 0.6) is 0 Å². The van der Waals surface area contributed by atoms with Crippen molar-refractivity contribution in [1.82, 2.24) is 15.0 Å². The molecule has 1 heterocycles. The molecule has 0 saturated carbocycles. The molecule has 0 spiro atoms. The number of aryl methyl sites for hydroxylation is 2. The summed E-state index contributed by atoms with van der Waals surface area (Å²) >= 11 is 0. The quantitative estimate of drug-likeness (QED) is 0.798. The van der Waals surface area contributed by atoms with Gasteiger partial charge in [-0.25, -0.2) is 4.68 Å². The Labute approximate surface area is 101 Å². The van der Waals surface area contributed by atoms with Gasteiger partial charge in [-0.15, -0.1) is 5.10 Å². The van der Waals surface area contributed by atoms with Gasteiger partial charge in [0.25, 0.3) is 0 Å². The zero-order valence-electron chi connectivity index (χ0n) is 10.1. The van der Waals surface area contributed by atoms with Crippen LogP contribution in [0.3, 0.4) is 0 Å². The van der Waals surface area contributed by atoms with Crippen molar-refractivity contribution in [2.45, 2.75) is 26.2 Å². The molecular formula is C13H18N4. The molecule has 4 nitrogen and oxygen atoms in total. The number of hydrogen-bond acceptors (Lipinski definition) is 3. The first kappa shape index (κ1) is 11.8. The minimum absolute atomic E-state index is 0.774. The van der Waals surface area contributed by atoms with E-state index in [2.05, 4.69) is 34.6 Å². The molecule has 0 aliphatic carbocycles. The third-order valence-corrected chi connectivity index (χ3v) is 2.82. The molecule has 0 aliphatic rings. The smallest absolute Gasteiger partial charge is 0.0726 e. The van der Waals surface area contributed by atoms with E-state index in [4.69, 9.17) is 5.73 Å². The van der Waals surface area contributed by atoms with Gasteiger partial charge in [0, 0.05) is 0 Å².